The average molecular weight is 455 g/mol. The Morgan fingerprint density at radius 3 is 2.57 bits per heavy atom. The molecule has 0 aliphatic carbocycles. The smallest absolute Gasteiger partial charge is 0.419 e. The van der Waals surface area contributed by atoms with Gasteiger partial charge in [-0.2, -0.15) is 18.4 Å². The van der Waals surface area contributed by atoms with Crippen molar-refractivity contribution < 1.29 is 27.8 Å². The van der Waals surface area contributed by atoms with Crippen LogP contribution in [-0.4, -0.2) is 51.1 Å². The first-order valence-corrected chi connectivity index (χ1v) is 11.4. The first-order chi connectivity index (χ1) is 14.3. The minimum Gasteiger partial charge on any atom is -0.493 e. The number of carbonyl (C=O) groups is 1. The quantitative estimate of drug-likeness (QED) is 0.343. The second kappa shape index (κ2) is 10.9. The molecule has 1 aromatic heterocycles. The van der Waals surface area contributed by atoms with E-state index in [-0.39, 0.29) is 6.54 Å². The van der Waals surface area contributed by atoms with Gasteiger partial charge in [0, 0.05) is 29.1 Å². The molecule has 12 heteroatoms. The van der Waals surface area contributed by atoms with Crippen molar-refractivity contribution in [2.45, 2.75) is 24.2 Å². The summed E-state index contributed by atoms with van der Waals surface area (Å²) in [7, 11) is -0.950. The number of benzene rings is 1. The van der Waals surface area contributed by atoms with Crippen molar-refractivity contribution in [1.29, 1.82) is 5.26 Å². The number of unbranched alkanes of at least 4 members (excludes halogenated alkanes) is 2. The minimum absolute atomic E-state index is 0.131. The monoisotopic (exact) mass is 454 g/mol. The highest BCUT2D eigenvalue weighted by Crippen LogP contribution is 2.37. The molecule has 10 nitrogen and oxygen atoms in total. The highest BCUT2D eigenvalue weighted by molar-refractivity contribution is 7.99. The van der Waals surface area contributed by atoms with Crippen LogP contribution in [0, 0.1) is 11.3 Å². The van der Waals surface area contributed by atoms with E-state index in [4.69, 9.17) is 14.6 Å². The third kappa shape index (κ3) is 6.38. The van der Waals surface area contributed by atoms with E-state index < -0.39 is 16.3 Å². The predicted molar refractivity (Wildman–Crippen MR) is 112 cm³/mol. The second-order valence-corrected chi connectivity index (χ2v) is 8.66. The van der Waals surface area contributed by atoms with Crippen molar-refractivity contribution >= 4 is 39.0 Å². The van der Waals surface area contributed by atoms with Gasteiger partial charge in [-0.1, -0.05) is 6.42 Å². The van der Waals surface area contributed by atoms with Crippen molar-refractivity contribution in [2.24, 2.45) is 0 Å². The summed E-state index contributed by atoms with van der Waals surface area (Å²) in [6.07, 6.45) is 1.95. The van der Waals surface area contributed by atoms with Gasteiger partial charge < -0.3 is 14.6 Å². The largest absolute Gasteiger partial charge is 0.493 e. The van der Waals surface area contributed by atoms with Gasteiger partial charge in [0.1, 0.15) is 6.07 Å². The van der Waals surface area contributed by atoms with Crippen LogP contribution >= 0.6 is 11.8 Å². The van der Waals surface area contributed by atoms with Crippen molar-refractivity contribution in [3.05, 3.63) is 23.9 Å². The molecule has 0 saturated carbocycles. The van der Waals surface area contributed by atoms with Crippen LogP contribution < -0.4 is 18.9 Å². The molecule has 2 aromatic rings. The average Bonchev–Trinajstić information content (AvgIpc) is 2.70. The number of thioether (sulfide) groups is 1. The number of nitrogens with zero attached hydrogens (tertiary/aromatic N) is 2. The zero-order valence-corrected chi connectivity index (χ0v) is 18.1. The number of aromatic nitrogens is 1. The number of carboxylic acid groups (broad SMARTS) is 1. The van der Waals surface area contributed by atoms with Crippen LogP contribution in [-0.2, 0) is 10.2 Å². The third-order valence-corrected chi connectivity index (χ3v) is 6.27. The van der Waals surface area contributed by atoms with E-state index >= 15 is 0 Å². The van der Waals surface area contributed by atoms with E-state index in [1.54, 1.807) is 19.2 Å². The number of amides is 1. The molecule has 0 saturated heterocycles. The lowest BCUT2D eigenvalue weighted by Crippen LogP contribution is -2.39. The van der Waals surface area contributed by atoms with Gasteiger partial charge in [-0.05, 0) is 24.7 Å². The van der Waals surface area contributed by atoms with Crippen LogP contribution in [0.1, 0.15) is 24.8 Å². The summed E-state index contributed by atoms with van der Waals surface area (Å²) in [5, 5.41) is 18.7. The van der Waals surface area contributed by atoms with Crippen molar-refractivity contribution in [1.82, 2.24) is 14.4 Å². The Balaban J connectivity index is 1.97. The number of rotatable bonds is 11. The number of fused-ring (bicyclic) bond motifs is 1. The second-order valence-electron chi connectivity index (χ2n) is 6.05. The highest BCUT2D eigenvalue weighted by atomic mass is 32.2. The van der Waals surface area contributed by atoms with Crippen LogP contribution in [0.5, 0.6) is 11.5 Å². The van der Waals surface area contributed by atoms with Gasteiger partial charge in [0.15, 0.2) is 11.5 Å². The summed E-state index contributed by atoms with van der Waals surface area (Å²) in [6, 6.07) is 5.72. The molecule has 1 amide bonds. The summed E-state index contributed by atoms with van der Waals surface area (Å²) < 4.78 is 36.9. The summed E-state index contributed by atoms with van der Waals surface area (Å²) in [6.45, 7) is 0.131. The number of methoxy groups -OCH3 is 2. The lowest BCUT2D eigenvalue weighted by Gasteiger charge is -2.12. The molecular formula is C18H22N4O6S2. The summed E-state index contributed by atoms with van der Waals surface area (Å²) in [5.41, 5.74) is 1.15. The fourth-order valence-electron chi connectivity index (χ4n) is 2.67. The third-order valence-electron chi connectivity index (χ3n) is 4.03. The predicted octanol–water partition coefficient (Wildman–Crippen LogP) is 2.49. The van der Waals surface area contributed by atoms with Gasteiger partial charge in [0.05, 0.1) is 25.3 Å². The van der Waals surface area contributed by atoms with E-state index in [0.29, 0.717) is 34.8 Å². The van der Waals surface area contributed by atoms with Gasteiger partial charge in [0.25, 0.3) is 0 Å². The van der Waals surface area contributed by atoms with Crippen molar-refractivity contribution in [3.63, 3.8) is 0 Å². The number of nitriles is 1. The van der Waals surface area contributed by atoms with Gasteiger partial charge in [-0.3, -0.25) is 4.98 Å². The molecule has 3 N–H and O–H groups in total. The van der Waals surface area contributed by atoms with Crippen molar-refractivity contribution in [2.75, 3.05) is 26.5 Å². The Bertz CT molecular complexity index is 1050. The van der Waals surface area contributed by atoms with E-state index in [1.165, 1.54) is 29.8 Å². The molecule has 0 radical (unpaired) electrons. The topological polar surface area (TPSA) is 151 Å². The number of hydrogen-bond acceptors (Lipinski definition) is 8. The molecule has 0 atom stereocenters. The number of nitrogens with one attached hydrogen (secondary N) is 2. The van der Waals surface area contributed by atoms with E-state index in [0.717, 1.165) is 23.1 Å². The van der Waals surface area contributed by atoms with Crippen LogP contribution in [0.4, 0.5) is 4.79 Å². The lowest BCUT2D eigenvalue weighted by molar-refractivity contribution is 0.201. The summed E-state index contributed by atoms with van der Waals surface area (Å²) >= 11 is 1.52. The zero-order chi connectivity index (χ0) is 22.1. The Morgan fingerprint density at radius 2 is 1.93 bits per heavy atom. The summed E-state index contributed by atoms with van der Waals surface area (Å²) in [4.78, 5) is 15.5. The van der Waals surface area contributed by atoms with Gasteiger partial charge in [0.2, 0.25) is 0 Å². The maximum Gasteiger partial charge on any atom is 0.419 e. The van der Waals surface area contributed by atoms with E-state index in [2.05, 4.69) is 15.8 Å². The van der Waals surface area contributed by atoms with Gasteiger partial charge in [-0.25, -0.2) is 9.52 Å². The van der Waals surface area contributed by atoms with E-state index in [9.17, 15) is 18.5 Å². The molecule has 1 heterocycles. The fourth-order valence-corrected chi connectivity index (χ4v) is 4.51. The fraction of sp³-hybridized carbons (Fsp3) is 0.389. The Hall–Kier alpha value is -2.75. The molecule has 1 aromatic carbocycles. The molecule has 162 valence electrons. The van der Waals surface area contributed by atoms with Crippen LogP contribution in [0.3, 0.4) is 0 Å². The normalized spacial score (nSPS) is 11.1. The maximum atomic E-state index is 11.3. The van der Waals surface area contributed by atoms with E-state index in [1.807, 2.05) is 0 Å². The number of ether oxygens (including phenoxy) is 2. The molecule has 0 spiro atoms. The highest BCUT2D eigenvalue weighted by Gasteiger charge is 2.14. The molecular weight excluding hydrogens is 432 g/mol. The maximum absolute atomic E-state index is 11.3. The molecule has 30 heavy (non-hydrogen) atoms. The molecule has 0 unspecified atom stereocenters. The lowest BCUT2D eigenvalue weighted by atomic mass is 10.1. The summed E-state index contributed by atoms with van der Waals surface area (Å²) in [5.74, 6) is 1.81. The first kappa shape index (κ1) is 23.5. The Labute approximate surface area is 178 Å². The Kier molecular flexibility index (Phi) is 8.52. The zero-order valence-electron chi connectivity index (χ0n) is 16.5. The molecule has 2 rings (SSSR count). The standard InChI is InChI=1S/C18H22N4O6S2/c1-27-15-8-13-14(9-16(15)28-2)20-11-12(10-19)17(13)29-7-5-3-4-6-21-30(25,26)22-18(23)24/h8-9,11,21-22H,3-7H2,1-2H3,(H,23,24). The molecule has 0 aliphatic rings. The van der Waals surface area contributed by atoms with Crippen molar-refractivity contribution in [3.8, 4) is 17.6 Å². The number of hydrogen-bond donors (Lipinski definition) is 3. The first-order valence-electron chi connectivity index (χ1n) is 8.89. The molecule has 0 fully saturated rings. The van der Waals surface area contributed by atoms with Gasteiger partial charge >= 0.3 is 16.3 Å². The molecule has 0 aliphatic heterocycles. The van der Waals surface area contributed by atoms with Crippen LogP contribution in [0.2, 0.25) is 0 Å². The molecule has 0 bridgehead atoms. The SMILES string of the molecule is COc1cc2ncc(C#N)c(SCCCCCNS(=O)(=O)NC(=O)O)c2cc1OC. The number of pyridine rings is 1. The van der Waals surface area contributed by atoms with Gasteiger partial charge in [-0.15, -0.1) is 11.8 Å². The minimum atomic E-state index is -4.03. The van der Waals surface area contributed by atoms with Crippen LogP contribution in [0.25, 0.3) is 10.9 Å². The van der Waals surface area contributed by atoms with Crippen LogP contribution in [0.15, 0.2) is 23.2 Å². The Morgan fingerprint density at radius 1 is 1.23 bits per heavy atom.